The van der Waals surface area contributed by atoms with Crippen molar-refractivity contribution in [1.82, 2.24) is 39.6 Å². The number of hydrogen-bond acceptors (Lipinski definition) is 7. The molecule has 2 atom stereocenters. The van der Waals surface area contributed by atoms with Gasteiger partial charge in [-0.3, -0.25) is 14.3 Å². The van der Waals surface area contributed by atoms with E-state index in [1.807, 2.05) is 4.57 Å². The molecule has 4 aromatic heterocycles. The van der Waals surface area contributed by atoms with Crippen molar-refractivity contribution in [2.24, 2.45) is 0 Å². The smallest absolute Gasteiger partial charge is 0.321 e. The summed E-state index contributed by atoms with van der Waals surface area (Å²) in [7, 11) is 0. The first-order valence-corrected chi connectivity index (χ1v) is 13.3. The summed E-state index contributed by atoms with van der Waals surface area (Å²) in [6, 6.07) is 7.59. The number of aromatic nitrogens is 7. The molecule has 0 bridgehead atoms. The van der Waals surface area contributed by atoms with Crippen molar-refractivity contribution in [3.05, 3.63) is 64.2 Å². The van der Waals surface area contributed by atoms with Gasteiger partial charge in [-0.2, -0.15) is 8.78 Å². The second kappa shape index (κ2) is 10.4. The van der Waals surface area contributed by atoms with Gasteiger partial charge in [0.05, 0.1) is 23.5 Å². The summed E-state index contributed by atoms with van der Waals surface area (Å²) in [6.45, 7) is -2.85. The Morgan fingerprint density at radius 1 is 1.15 bits per heavy atom. The third-order valence-corrected chi connectivity index (χ3v) is 7.84. The molecule has 0 radical (unpaired) electrons. The van der Waals surface area contributed by atoms with Crippen molar-refractivity contribution in [3.8, 4) is 22.9 Å². The SMILES string of the molecule is O=C(N[C@H]1CCC[C@@H](n2c(-c3ccccc3F)nc3cnc(-c4nncn4C(F)F)cc32)C1)c1ncc(Cl)s1. The van der Waals surface area contributed by atoms with E-state index in [2.05, 4.69) is 25.5 Å². The average Bonchev–Trinajstić information content (AvgIpc) is 3.67. The zero-order valence-corrected chi connectivity index (χ0v) is 21.7. The first-order valence-electron chi connectivity index (χ1n) is 12.1. The minimum atomic E-state index is -2.85. The Bertz CT molecular complexity index is 1670. The fourth-order valence-electron chi connectivity index (χ4n) is 5.03. The lowest BCUT2D eigenvalue weighted by Gasteiger charge is -2.32. The summed E-state index contributed by atoms with van der Waals surface area (Å²) in [4.78, 5) is 25.8. The van der Waals surface area contributed by atoms with Crippen molar-refractivity contribution in [1.29, 1.82) is 0 Å². The number of carbonyl (C=O) groups excluding carboxylic acids is 1. The molecule has 0 unspecified atom stereocenters. The number of nitrogens with one attached hydrogen (secondary N) is 1. The quantitative estimate of drug-likeness (QED) is 0.271. The molecule has 0 spiro atoms. The predicted octanol–water partition coefficient (Wildman–Crippen LogP) is 5.91. The summed E-state index contributed by atoms with van der Waals surface area (Å²) in [5, 5.41) is 10.8. The predicted molar refractivity (Wildman–Crippen MR) is 139 cm³/mol. The number of nitrogens with zero attached hydrogens (tertiary/aromatic N) is 7. The molecule has 1 fully saturated rings. The third-order valence-electron chi connectivity index (χ3n) is 6.72. The van der Waals surface area contributed by atoms with Crippen LogP contribution in [0.2, 0.25) is 4.34 Å². The third kappa shape index (κ3) is 4.87. The highest BCUT2D eigenvalue weighted by Gasteiger charge is 2.30. The lowest BCUT2D eigenvalue weighted by atomic mass is 9.90. The summed E-state index contributed by atoms with van der Waals surface area (Å²) in [6.07, 6.45) is 6.68. The first kappa shape index (κ1) is 25.4. The largest absolute Gasteiger partial charge is 0.347 e. The molecule has 6 rings (SSSR count). The van der Waals surface area contributed by atoms with E-state index in [0.717, 1.165) is 36.9 Å². The minimum Gasteiger partial charge on any atom is -0.347 e. The van der Waals surface area contributed by atoms with Gasteiger partial charge in [0.1, 0.15) is 33.5 Å². The van der Waals surface area contributed by atoms with Crippen LogP contribution in [0.3, 0.4) is 0 Å². The number of carbonyl (C=O) groups is 1. The number of alkyl halides is 2. The van der Waals surface area contributed by atoms with Crippen LogP contribution in [0.4, 0.5) is 13.2 Å². The van der Waals surface area contributed by atoms with Crippen molar-refractivity contribution < 1.29 is 18.0 Å². The summed E-state index contributed by atoms with van der Waals surface area (Å²) in [5.74, 6) is -0.453. The van der Waals surface area contributed by atoms with Crippen LogP contribution in [0.25, 0.3) is 33.9 Å². The molecule has 1 aliphatic rings. The number of pyridine rings is 1. The van der Waals surface area contributed by atoms with Crippen molar-refractivity contribution in [2.75, 3.05) is 0 Å². The average molecular weight is 573 g/mol. The highest BCUT2D eigenvalue weighted by molar-refractivity contribution is 7.17. The van der Waals surface area contributed by atoms with E-state index < -0.39 is 12.4 Å². The highest BCUT2D eigenvalue weighted by atomic mass is 35.5. The number of benzene rings is 1. The Kier molecular flexibility index (Phi) is 6.77. The van der Waals surface area contributed by atoms with Gasteiger partial charge in [0.2, 0.25) is 0 Å². The fourth-order valence-corrected chi connectivity index (χ4v) is 5.84. The highest BCUT2D eigenvalue weighted by Crippen LogP contribution is 2.38. The minimum absolute atomic E-state index is 0.0945. The molecule has 5 aromatic rings. The summed E-state index contributed by atoms with van der Waals surface area (Å²) in [5.41, 5.74) is 1.55. The summed E-state index contributed by atoms with van der Waals surface area (Å²) >= 11 is 7.04. The van der Waals surface area contributed by atoms with Gasteiger partial charge in [-0.25, -0.2) is 14.4 Å². The van der Waals surface area contributed by atoms with Gasteiger partial charge in [-0.15, -0.1) is 10.2 Å². The number of amides is 1. The Labute approximate surface area is 228 Å². The molecule has 0 aliphatic heterocycles. The molecule has 1 amide bonds. The number of halogens is 4. The number of fused-ring (bicyclic) bond motifs is 1. The van der Waals surface area contributed by atoms with Crippen molar-refractivity contribution in [2.45, 2.75) is 44.3 Å². The van der Waals surface area contributed by atoms with Gasteiger partial charge in [0, 0.05) is 12.1 Å². The fraction of sp³-hybridized carbons (Fsp3) is 0.280. The van der Waals surface area contributed by atoms with Crippen LogP contribution < -0.4 is 5.32 Å². The monoisotopic (exact) mass is 572 g/mol. The van der Waals surface area contributed by atoms with Gasteiger partial charge in [0.25, 0.3) is 5.91 Å². The topological polar surface area (TPSA) is 103 Å². The Balaban J connectivity index is 1.42. The maximum absolute atomic E-state index is 15.0. The first-order chi connectivity index (χ1) is 18.9. The van der Waals surface area contributed by atoms with Crippen LogP contribution in [0.1, 0.15) is 48.1 Å². The van der Waals surface area contributed by atoms with Crippen molar-refractivity contribution in [3.63, 3.8) is 0 Å². The molecule has 1 N–H and O–H groups in total. The van der Waals surface area contributed by atoms with E-state index in [-0.39, 0.29) is 34.5 Å². The van der Waals surface area contributed by atoms with E-state index in [9.17, 15) is 18.0 Å². The van der Waals surface area contributed by atoms with Gasteiger partial charge in [0.15, 0.2) is 10.8 Å². The van der Waals surface area contributed by atoms with Crippen molar-refractivity contribution >= 4 is 39.9 Å². The van der Waals surface area contributed by atoms with E-state index in [1.54, 1.807) is 24.3 Å². The molecule has 1 saturated carbocycles. The van der Waals surface area contributed by atoms with Crippen LogP contribution in [-0.2, 0) is 0 Å². The Hall–Kier alpha value is -3.84. The van der Waals surface area contributed by atoms with E-state index >= 15 is 0 Å². The zero-order chi connectivity index (χ0) is 27.1. The van der Waals surface area contributed by atoms with Crippen LogP contribution in [0.5, 0.6) is 0 Å². The number of rotatable bonds is 6. The maximum atomic E-state index is 15.0. The normalized spacial score (nSPS) is 17.7. The molecule has 39 heavy (non-hydrogen) atoms. The lowest BCUT2D eigenvalue weighted by molar-refractivity contribution is 0.0715. The van der Waals surface area contributed by atoms with Crippen LogP contribution in [0, 0.1) is 5.82 Å². The van der Waals surface area contributed by atoms with Gasteiger partial charge < -0.3 is 9.88 Å². The molecule has 14 heteroatoms. The number of imidazole rings is 1. The molecule has 9 nitrogen and oxygen atoms in total. The number of hydrogen-bond donors (Lipinski definition) is 1. The standard InChI is InChI=1S/C25H20ClF3N8OS/c26-20-11-31-24(39-20)23(38)33-13-4-3-5-14(8-13)37-19-9-17(22-35-32-12-36(22)25(28)29)30-10-18(19)34-21(37)15-6-1-2-7-16(15)27/h1-2,6-7,9-14,25H,3-5,8H2,(H,33,38)/t13-,14+/m0/s1. The van der Waals surface area contributed by atoms with E-state index in [0.29, 0.717) is 37.7 Å². The van der Waals surface area contributed by atoms with Crippen LogP contribution in [0.15, 0.2) is 49.1 Å². The molecule has 1 aliphatic carbocycles. The second-order valence-electron chi connectivity index (χ2n) is 9.14. The molecular weight excluding hydrogens is 553 g/mol. The molecular formula is C25H20ClF3N8OS. The molecule has 1 aromatic carbocycles. The van der Waals surface area contributed by atoms with Crippen LogP contribution >= 0.6 is 22.9 Å². The Morgan fingerprint density at radius 3 is 2.77 bits per heavy atom. The maximum Gasteiger partial charge on any atom is 0.321 e. The molecule has 0 saturated heterocycles. The van der Waals surface area contributed by atoms with Gasteiger partial charge >= 0.3 is 6.55 Å². The molecule has 4 heterocycles. The van der Waals surface area contributed by atoms with Crippen LogP contribution in [-0.4, -0.2) is 46.2 Å². The lowest BCUT2D eigenvalue weighted by Crippen LogP contribution is -2.39. The summed E-state index contributed by atoms with van der Waals surface area (Å²) < 4.78 is 45.0. The van der Waals surface area contributed by atoms with E-state index in [1.165, 1.54) is 18.5 Å². The second-order valence-corrected chi connectivity index (χ2v) is 10.8. The van der Waals surface area contributed by atoms with Gasteiger partial charge in [-0.05, 0) is 43.9 Å². The Morgan fingerprint density at radius 2 is 2.00 bits per heavy atom. The zero-order valence-electron chi connectivity index (χ0n) is 20.1. The number of thiazole rings is 1. The molecule has 200 valence electrons. The van der Waals surface area contributed by atoms with E-state index in [4.69, 9.17) is 16.6 Å². The van der Waals surface area contributed by atoms with Gasteiger partial charge in [-0.1, -0.05) is 35.1 Å².